The maximum absolute atomic E-state index is 11.3. The van der Waals surface area contributed by atoms with Crippen LogP contribution in [0, 0.1) is 5.92 Å². The van der Waals surface area contributed by atoms with Gasteiger partial charge in [-0.05, 0) is 24.1 Å². The summed E-state index contributed by atoms with van der Waals surface area (Å²) in [6.07, 6.45) is -0.248. The molecule has 0 spiro atoms. The molecule has 0 amide bonds. The van der Waals surface area contributed by atoms with Gasteiger partial charge in [-0.1, -0.05) is 12.1 Å². The van der Waals surface area contributed by atoms with Crippen LogP contribution in [0.2, 0.25) is 0 Å². The van der Waals surface area contributed by atoms with Crippen molar-refractivity contribution in [2.24, 2.45) is 5.92 Å². The van der Waals surface area contributed by atoms with Crippen LogP contribution in [0.5, 0.6) is 5.75 Å². The predicted octanol–water partition coefficient (Wildman–Crippen LogP) is 1.29. The van der Waals surface area contributed by atoms with E-state index < -0.39 is 12.0 Å². The van der Waals surface area contributed by atoms with Crippen LogP contribution in [0.3, 0.4) is 0 Å². The number of aliphatic hydroxyl groups is 1. The summed E-state index contributed by atoms with van der Waals surface area (Å²) in [5.74, 6) is -0.106. The summed E-state index contributed by atoms with van der Waals surface area (Å²) in [5.41, 5.74) is 0.684. The van der Waals surface area contributed by atoms with Gasteiger partial charge in [-0.25, -0.2) is 0 Å². The van der Waals surface area contributed by atoms with E-state index in [0.29, 0.717) is 24.3 Å². The second-order valence-electron chi connectivity index (χ2n) is 3.78. The van der Waals surface area contributed by atoms with Gasteiger partial charge in [0.05, 0.1) is 25.7 Å². The number of ether oxygens (including phenoxy) is 2. The quantitative estimate of drug-likeness (QED) is 0.783. The molecular weight excluding hydrogens is 208 g/mol. The minimum atomic E-state index is -0.815. The molecule has 1 aromatic rings. The fraction of sp³-hybridized carbons (Fsp3) is 0.417. The van der Waals surface area contributed by atoms with E-state index in [2.05, 4.69) is 0 Å². The third-order valence-corrected chi connectivity index (χ3v) is 2.79. The number of cyclic esters (lactones) is 1. The molecule has 0 bridgehead atoms. The first kappa shape index (κ1) is 11.0. The van der Waals surface area contributed by atoms with Crippen molar-refractivity contribution >= 4 is 5.97 Å². The molecule has 0 saturated carbocycles. The summed E-state index contributed by atoms with van der Waals surface area (Å²) in [6.45, 7) is 0.393. The highest BCUT2D eigenvalue weighted by atomic mass is 16.5. The van der Waals surface area contributed by atoms with Crippen molar-refractivity contribution in [2.75, 3.05) is 13.7 Å². The highest BCUT2D eigenvalue weighted by molar-refractivity contribution is 5.75. The van der Waals surface area contributed by atoms with E-state index in [1.54, 1.807) is 31.4 Å². The lowest BCUT2D eigenvalue weighted by molar-refractivity contribution is -0.144. The molecule has 0 aromatic heterocycles. The Hall–Kier alpha value is -1.55. The van der Waals surface area contributed by atoms with Crippen molar-refractivity contribution in [3.8, 4) is 5.75 Å². The average molecular weight is 222 g/mol. The molecule has 1 heterocycles. The van der Waals surface area contributed by atoms with Crippen molar-refractivity contribution in [2.45, 2.75) is 12.5 Å². The van der Waals surface area contributed by atoms with Crippen molar-refractivity contribution in [3.05, 3.63) is 29.8 Å². The summed E-state index contributed by atoms with van der Waals surface area (Å²) < 4.78 is 9.90. The zero-order chi connectivity index (χ0) is 11.5. The first-order valence-electron chi connectivity index (χ1n) is 5.21. The van der Waals surface area contributed by atoms with Gasteiger partial charge in [0.15, 0.2) is 0 Å². The third kappa shape index (κ3) is 2.02. The summed E-state index contributed by atoms with van der Waals surface area (Å²) in [5, 5.41) is 10.1. The number of methoxy groups -OCH3 is 1. The van der Waals surface area contributed by atoms with Gasteiger partial charge in [0.25, 0.3) is 0 Å². The van der Waals surface area contributed by atoms with Crippen LogP contribution < -0.4 is 4.74 Å². The zero-order valence-electron chi connectivity index (χ0n) is 9.05. The molecular formula is C12H14O4. The number of esters is 1. The first-order chi connectivity index (χ1) is 7.72. The Balaban J connectivity index is 2.19. The lowest BCUT2D eigenvalue weighted by Crippen LogP contribution is -2.17. The third-order valence-electron chi connectivity index (χ3n) is 2.79. The smallest absolute Gasteiger partial charge is 0.312 e. The normalized spacial score (nSPS) is 21.6. The van der Waals surface area contributed by atoms with Crippen molar-refractivity contribution < 1.29 is 19.4 Å². The molecule has 4 heteroatoms. The van der Waals surface area contributed by atoms with Crippen molar-refractivity contribution in [3.63, 3.8) is 0 Å². The molecule has 1 aliphatic rings. The molecule has 16 heavy (non-hydrogen) atoms. The lowest BCUT2D eigenvalue weighted by Gasteiger charge is -2.15. The second kappa shape index (κ2) is 4.53. The minimum absolute atomic E-state index is 0.324. The SMILES string of the molecule is COc1cccc(C(O)C2CCOC2=O)c1. The van der Waals surface area contributed by atoms with Crippen LogP contribution in [-0.2, 0) is 9.53 Å². The van der Waals surface area contributed by atoms with Crippen LogP contribution in [0.1, 0.15) is 18.1 Å². The molecule has 1 fully saturated rings. The molecule has 2 atom stereocenters. The predicted molar refractivity (Wildman–Crippen MR) is 57.0 cm³/mol. The van der Waals surface area contributed by atoms with Gasteiger partial charge < -0.3 is 14.6 Å². The molecule has 0 aliphatic carbocycles. The van der Waals surface area contributed by atoms with Gasteiger partial charge in [0.1, 0.15) is 5.75 Å². The monoisotopic (exact) mass is 222 g/mol. The summed E-state index contributed by atoms with van der Waals surface area (Å²) in [7, 11) is 1.56. The highest BCUT2D eigenvalue weighted by Gasteiger charge is 2.34. The van der Waals surface area contributed by atoms with E-state index in [-0.39, 0.29) is 5.97 Å². The molecule has 1 N–H and O–H groups in total. The largest absolute Gasteiger partial charge is 0.497 e. The number of carbonyl (C=O) groups is 1. The van der Waals surface area contributed by atoms with Gasteiger partial charge in [0.2, 0.25) is 0 Å². The van der Waals surface area contributed by atoms with E-state index in [0.717, 1.165) is 0 Å². The molecule has 2 rings (SSSR count). The van der Waals surface area contributed by atoms with Crippen LogP contribution in [0.4, 0.5) is 0 Å². The van der Waals surface area contributed by atoms with E-state index in [4.69, 9.17) is 9.47 Å². The molecule has 4 nitrogen and oxygen atoms in total. The number of aliphatic hydroxyl groups excluding tert-OH is 1. The Bertz CT molecular complexity index is 388. The Kier molecular flexibility index (Phi) is 3.10. The Labute approximate surface area is 93.8 Å². The van der Waals surface area contributed by atoms with Crippen LogP contribution in [0.15, 0.2) is 24.3 Å². The Morgan fingerprint density at radius 1 is 1.56 bits per heavy atom. The van der Waals surface area contributed by atoms with Crippen molar-refractivity contribution in [1.82, 2.24) is 0 Å². The van der Waals surface area contributed by atoms with E-state index >= 15 is 0 Å². The van der Waals surface area contributed by atoms with Crippen molar-refractivity contribution in [1.29, 1.82) is 0 Å². The number of carbonyl (C=O) groups excluding carboxylic acids is 1. The van der Waals surface area contributed by atoms with E-state index in [9.17, 15) is 9.90 Å². The molecule has 1 aromatic carbocycles. The minimum Gasteiger partial charge on any atom is -0.497 e. The van der Waals surface area contributed by atoms with Gasteiger partial charge in [0, 0.05) is 0 Å². The van der Waals surface area contributed by atoms with E-state index in [1.807, 2.05) is 0 Å². The lowest BCUT2D eigenvalue weighted by atomic mass is 9.94. The number of rotatable bonds is 3. The zero-order valence-corrected chi connectivity index (χ0v) is 9.05. The summed E-state index contributed by atoms with van der Waals surface area (Å²) in [4.78, 5) is 11.3. The fourth-order valence-electron chi connectivity index (χ4n) is 1.86. The number of hydrogen-bond acceptors (Lipinski definition) is 4. The molecule has 1 aliphatic heterocycles. The number of benzene rings is 1. The molecule has 86 valence electrons. The Morgan fingerprint density at radius 2 is 2.38 bits per heavy atom. The van der Waals surface area contributed by atoms with E-state index in [1.165, 1.54) is 0 Å². The molecule has 0 radical (unpaired) electrons. The standard InChI is InChI=1S/C12H14O4/c1-15-9-4-2-3-8(7-9)11(13)10-5-6-16-12(10)14/h2-4,7,10-11,13H,5-6H2,1H3. The number of hydrogen-bond donors (Lipinski definition) is 1. The topological polar surface area (TPSA) is 55.8 Å². The van der Waals surface area contributed by atoms with Gasteiger partial charge in [-0.2, -0.15) is 0 Å². The average Bonchev–Trinajstić information content (AvgIpc) is 2.74. The Morgan fingerprint density at radius 3 is 3.00 bits per heavy atom. The van der Waals surface area contributed by atoms with Gasteiger partial charge >= 0.3 is 5.97 Å². The van der Waals surface area contributed by atoms with Crippen LogP contribution in [0.25, 0.3) is 0 Å². The fourth-order valence-corrected chi connectivity index (χ4v) is 1.86. The second-order valence-corrected chi connectivity index (χ2v) is 3.78. The van der Waals surface area contributed by atoms with Crippen LogP contribution >= 0.6 is 0 Å². The maximum Gasteiger partial charge on any atom is 0.312 e. The highest BCUT2D eigenvalue weighted by Crippen LogP contribution is 2.30. The molecule has 1 saturated heterocycles. The van der Waals surface area contributed by atoms with Gasteiger partial charge in [-0.3, -0.25) is 4.79 Å². The summed E-state index contributed by atoms with van der Waals surface area (Å²) >= 11 is 0. The van der Waals surface area contributed by atoms with Gasteiger partial charge in [-0.15, -0.1) is 0 Å². The summed E-state index contributed by atoms with van der Waals surface area (Å²) in [6, 6.07) is 7.09. The maximum atomic E-state index is 11.3. The van der Waals surface area contributed by atoms with Crippen LogP contribution in [-0.4, -0.2) is 24.8 Å². The molecule has 2 unspecified atom stereocenters. The first-order valence-corrected chi connectivity index (χ1v) is 5.21.